The second-order valence-corrected chi connectivity index (χ2v) is 9.72. The van der Waals surface area contributed by atoms with Gasteiger partial charge in [-0.1, -0.05) is 0 Å². The summed E-state index contributed by atoms with van der Waals surface area (Å²) in [7, 11) is -3.99. The van der Waals surface area contributed by atoms with E-state index in [4.69, 9.17) is 0 Å². The summed E-state index contributed by atoms with van der Waals surface area (Å²) in [6, 6.07) is 4.15. The Kier molecular flexibility index (Phi) is 5.77. The van der Waals surface area contributed by atoms with Crippen molar-refractivity contribution in [2.75, 3.05) is 26.2 Å². The summed E-state index contributed by atoms with van der Waals surface area (Å²) in [6.45, 7) is 2.13. The quantitative estimate of drug-likeness (QED) is 0.587. The van der Waals surface area contributed by atoms with Crippen molar-refractivity contribution in [3.05, 3.63) is 58.9 Å². The summed E-state index contributed by atoms with van der Waals surface area (Å²) in [5.74, 6) is -2.16. The number of carbonyl (C=O) groups is 1. The van der Waals surface area contributed by atoms with Gasteiger partial charge in [-0.2, -0.15) is 4.31 Å². The molecule has 1 aliphatic rings. The van der Waals surface area contributed by atoms with Gasteiger partial charge in [-0.05, 0) is 31.2 Å². The van der Waals surface area contributed by atoms with Crippen LogP contribution in [-0.4, -0.2) is 64.7 Å². The number of aromatic nitrogens is 3. The van der Waals surface area contributed by atoms with Gasteiger partial charge in [0.1, 0.15) is 4.88 Å². The molecule has 1 fully saturated rings. The Morgan fingerprint density at radius 2 is 1.74 bits per heavy atom. The van der Waals surface area contributed by atoms with E-state index in [1.165, 1.54) is 11.3 Å². The number of amides is 1. The van der Waals surface area contributed by atoms with Gasteiger partial charge in [-0.25, -0.2) is 32.2 Å². The molecule has 8 nitrogen and oxygen atoms in total. The highest BCUT2D eigenvalue weighted by molar-refractivity contribution is 7.89. The molecule has 0 aliphatic carbocycles. The molecule has 1 amide bonds. The molecule has 3 heterocycles. The second-order valence-electron chi connectivity index (χ2n) is 6.78. The number of nitrogens with zero attached hydrogens (tertiary/aromatic N) is 5. The highest BCUT2D eigenvalue weighted by atomic mass is 32.2. The lowest BCUT2D eigenvalue weighted by molar-refractivity contribution is 0.0702. The maximum Gasteiger partial charge on any atom is 0.265 e. The molecule has 1 aromatic carbocycles. The summed E-state index contributed by atoms with van der Waals surface area (Å²) in [5.41, 5.74) is 0.550. The summed E-state index contributed by atoms with van der Waals surface area (Å²) in [4.78, 5) is 27.3. The van der Waals surface area contributed by atoms with E-state index in [9.17, 15) is 22.0 Å². The van der Waals surface area contributed by atoms with Crippen LogP contribution in [0.5, 0.6) is 0 Å². The Labute approximate surface area is 181 Å². The first kappa shape index (κ1) is 21.4. The van der Waals surface area contributed by atoms with Crippen LogP contribution < -0.4 is 0 Å². The summed E-state index contributed by atoms with van der Waals surface area (Å²) < 4.78 is 53.2. The van der Waals surface area contributed by atoms with Crippen molar-refractivity contribution in [2.45, 2.75) is 11.8 Å². The summed E-state index contributed by atoms with van der Waals surface area (Å²) in [6.07, 6.45) is 3.18. The molecule has 0 spiro atoms. The van der Waals surface area contributed by atoms with Crippen LogP contribution in [0.3, 0.4) is 0 Å². The van der Waals surface area contributed by atoms with Gasteiger partial charge in [0.15, 0.2) is 22.5 Å². The third-order valence-corrected chi connectivity index (χ3v) is 7.84. The molecule has 12 heteroatoms. The Balaban J connectivity index is 1.47. The van der Waals surface area contributed by atoms with Crippen molar-refractivity contribution >= 4 is 27.3 Å². The van der Waals surface area contributed by atoms with Crippen molar-refractivity contribution in [2.24, 2.45) is 0 Å². The topological polar surface area (TPSA) is 96.4 Å². The van der Waals surface area contributed by atoms with Crippen LogP contribution >= 0.6 is 11.3 Å². The molecule has 162 valence electrons. The van der Waals surface area contributed by atoms with Gasteiger partial charge < -0.3 is 4.90 Å². The lowest BCUT2D eigenvalue weighted by Gasteiger charge is -2.33. The number of thiazole rings is 1. The van der Waals surface area contributed by atoms with Crippen molar-refractivity contribution in [3.63, 3.8) is 0 Å². The lowest BCUT2D eigenvalue weighted by Crippen LogP contribution is -2.50. The number of benzene rings is 1. The predicted octanol–water partition coefficient (Wildman–Crippen LogP) is 2.33. The first-order valence-corrected chi connectivity index (χ1v) is 11.5. The summed E-state index contributed by atoms with van der Waals surface area (Å²) in [5, 5.41) is 0.529. The fraction of sp³-hybridized carbons (Fsp3) is 0.263. The van der Waals surface area contributed by atoms with Crippen LogP contribution in [0, 0.1) is 18.6 Å². The van der Waals surface area contributed by atoms with E-state index < -0.39 is 21.7 Å². The number of halogens is 2. The Bertz CT molecular complexity index is 1230. The van der Waals surface area contributed by atoms with Crippen molar-refractivity contribution in [3.8, 4) is 10.8 Å². The number of aryl methyl sites for hydroxylation is 1. The van der Waals surface area contributed by atoms with Crippen LogP contribution in [-0.2, 0) is 10.0 Å². The number of sulfonamides is 1. The van der Waals surface area contributed by atoms with E-state index >= 15 is 0 Å². The fourth-order valence-corrected chi connectivity index (χ4v) is 5.58. The van der Waals surface area contributed by atoms with Crippen LogP contribution in [0.2, 0.25) is 0 Å². The molecule has 31 heavy (non-hydrogen) atoms. The first-order valence-electron chi connectivity index (χ1n) is 9.26. The van der Waals surface area contributed by atoms with Crippen LogP contribution in [0.15, 0.2) is 41.6 Å². The Morgan fingerprint density at radius 3 is 2.39 bits per heavy atom. The molecule has 0 atom stereocenters. The number of rotatable bonds is 4. The van der Waals surface area contributed by atoms with Crippen molar-refractivity contribution < 1.29 is 22.0 Å². The van der Waals surface area contributed by atoms with E-state index in [0.717, 1.165) is 16.4 Å². The highest BCUT2D eigenvalue weighted by Gasteiger charge is 2.32. The molecule has 0 unspecified atom stereocenters. The smallest absolute Gasteiger partial charge is 0.265 e. The van der Waals surface area contributed by atoms with Gasteiger partial charge in [0, 0.05) is 38.6 Å². The molecule has 1 saturated heterocycles. The van der Waals surface area contributed by atoms with Gasteiger partial charge in [0.25, 0.3) is 5.91 Å². The van der Waals surface area contributed by atoms with Gasteiger partial charge >= 0.3 is 0 Å². The maximum atomic E-state index is 13.5. The number of carbonyl (C=O) groups excluding carboxylic acids is 1. The van der Waals surface area contributed by atoms with Gasteiger partial charge in [-0.3, -0.25) is 4.79 Å². The average molecular weight is 466 g/mol. The molecule has 0 N–H and O–H groups in total. The predicted molar refractivity (Wildman–Crippen MR) is 109 cm³/mol. The van der Waals surface area contributed by atoms with E-state index in [0.29, 0.717) is 27.5 Å². The number of hydrogen-bond donors (Lipinski definition) is 0. The average Bonchev–Trinajstić information content (AvgIpc) is 3.17. The zero-order valence-corrected chi connectivity index (χ0v) is 18.0. The van der Waals surface area contributed by atoms with Gasteiger partial charge in [-0.15, -0.1) is 11.3 Å². The number of hydrogen-bond acceptors (Lipinski definition) is 7. The largest absolute Gasteiger partial charge is 0.335 e. The zero-order chi connectivity index (χ0) is 22.2. The molecule has 0 saturated carbocycles. The van der Waals surface area contributed by atoms with E-state index in [1.807, 2.05) is 0 Å². The summed E-state index contributed by atoms with van der Waals surface area (Å²) >= 11 is 1.18. The minimum atomic E-state index is -3.99. The zero-order valence-electron chi connectivity index (χ0n) is 16.3. The molecule has 3 aromatic rings. The molecule has 2 aromatic heterocycles. The van der Waals surface area contributed by atoms with Gasteiger partial charge in [0.2, 0.25) is 10.0 Å². The standard InChI is InChI=1S/C19H17F2N5O3S2/c1-12-16(30-18(24-12)17-22-5-2-6-23-17)19(27)25-7-9-26(10-8-25)31(28,29)13-3-4-14(20)15(21)11-13/h2-6,11H,7-10H2,1H3. The number of piperazine rings is 1. The van der Waals surface area contributed by atoms with Crippen molar-refractivity contribution in [1.29, 1.82) is 0 Å². The molecule has 0 radical (unpaired) electrons. The highest BCUT2D eigenvalue weighted by Crippen LogP contribution is 2.27. The minimum absolute atomic E-state index is 0.0412. The molecule has 0 bridgehead atoms. The normalized spacial score (nSPS) is 15.3. The van der Waals surface area contributed by atoms with Crippen LogP contribution in [0.4, 0.5) is 8.78 Å². The Hall–Kier alpha value is -2.83. The minimum Gasteiger partial charge on any atom is -0.335 e. The maximum absolute atomic E-state index is 13.5. The fourth-order valence-electron chi connectivity index (χ4n) is 3.16. The van der Waals surface area contributed by atoms with Crippen LogP contribution in [0.25, 0.3) is 10.8 Å². The van der Waals surface area contributed by atoms with E-state index in [-0.39, 0.29) is 37.0 Å². The third kappa shape index (κ3) is 4.18. The molecular formula is C19H17F2N5O3S2. The van der Waals surface area contributed by atoms with Gasteiger partial charge in [0.05, 0.1) is 10.6 Å². The van der Waals surface area contributed by atoms with Crippen molar-refractivity contribution in [1.82, 2.24) is 24.2 Å². The second kappa shape index (κ2) is 8.36. The third-order valence-electron chi connectivity index (χ3n) is 4.80. The Morgan fingerprint density at radius 1 is 1.06 bits per heavy atom. The first-order chi connectivity index (χ1) is 14.8. The van der Waals surface area contributed by atoms with E-state index in [1.54, 1.807) is 30.3 Å². The molecule has 4 rings (SSSR count). The van der Waals surface area contributed by atoms with Crippen LogP contribution in [0.1, 0.15) is 15.4 Å². The van der Waals surface area contributed by atoms with E-state index in [2.05, 4.69) is 15.0 Å². The lowest BCUT2D eigenvalue weighted by atomic mass is 10.3. The molecular weight excluding hydrogens is 448 g/mol. The molecule has 1 aliphatic heterocycles. The monoisotopic (exact) mass is 465 g/mol. The SMILES string of the molecule is Cc1nc(-c2ncccn2)sc1C(=O)N1CCN(S(=O)(=O)c2ccc(F)c(F)c2)CC1.